The van der Waals surface area contributed by atoms with Gasteiger partial charge in [0.05, 0.1) is 6.42 Å². The Balaban J connectivity index is 2.83. The lowest BCUT2D eigenvalue weighted by molar-refractivity contribution is -0.157. The number of hydrogen-bond acceptors (Lipinski definition) is 3. The lowest BCUT2D eigenvalue weighted by Gasteiger charge is -2.15. The number of nitrogens with one attached hydrogen (secondary N) is 1. The van der Waals surface area contributed by atoms with E-state index in [9.17, 15) is 22.8 Å². The number of amides is 1. The van der Waals surface area contributed by atoms with Gasteiger partial charge in [-0.05, 0) is 28.9 Å². The summed E-state index contributed by atoms with van der Waals surface area (Å²) in [6, 6.07) is -0.621. The average Bonchev–Trinajstić information content (AvgIpc) is 2.54. The van der Waals surface area contributed by atoms with Gasteiger partial charge in [-0.1, -0.05) is 0 Å². The highest BCUT2D eigenvalue weighted by atomic mass is 79.9. The highest BCUT2D eigenvalue weighted by Crippen LogP contribution is 2.23. The number of aliphatic carboxylic acids is 1. The van der Waals surface area contributed by atoms with E-state index in [0.717, 1.165) is 0 Å². The zero-order valence-corrected chi connectivity index (χ0v) is 11.1. The number of halogens is 4. The molecule has 0 saturated carbocycles. The van der Waals surface area contributed by atoms with Crippen LogP contribution < -0.4 is 5.32 Å². The van der Waals surface area contributed by atoms with Gasteiger partial charge in [-0.3, -0.25) is 4.79 Å². The first-order valence-corrected chi connectivity index (χ1v) is 5.76. The summed E-state index contributed by atoms with van der Waals surface area (Å²) in [4.78, 5) is 22.3. The van der Waals surface area contributed by atoms with E-state index in [2.05, 4.69) is 15.9 Å². The van der Waals surface area contributed by atoms with Crippen LogP contribution in [0.2, 0.25) is 0 Å². The van der Waals surface area contributed by atoms with E-state index in [0.29, 0.717) is 5.56 Å². The van der Waals surface area contributed by atoms with Crippen LogP contribution in [0, 0.1) is 6.92 Å². The Morgan fingerprint density at radius 1 is 1.53 bits per heavy atom. The largest absolute Gasteiger partial charge is 0.480 e. The molecule has 0 bridgehead atoms. The second-order valence-electron chi connectivity index (χ2n) is 3.75. The fraction of sp³-hybridized carbons (Fsp3) is 0.400. The molecule has 2 N–H and O–H groups in total. The molecule has 1 aromatic rings. The highest BCUT2D eigenvalue weighted by molar-refractivity contribution is 9.10. The molecule has 1 heterocycles. The number of alkyl halides is 3. The Hall–Kier alpha value is -1.51. The van der Waals surface area contributed by atoms with Crippen LogP contribution in [-0.2, 0) is 4.79 Å². The smallest absolute Gasteiger partial charge is 0.391 e. The van der Waals surface area contributed by atoms with Gasteiger partial charge < -0.3 is 14.8 Å². The monoisotopic (exact) mass is 343 g/mol. The molecule has 1 amide bonds. The summed E-state index contributed by atoms with van der Waals surface area (Å²) in [7, 11) is 0. The third-order valence-corrected chi connectivity index (χ3v) is 2.52. The van der Waals surface area contributed by atoms with E-state index < -0.39 is 30.5 Å². The Morgan fingerprint density at radius 2 is 2.11 bits per heavy atom. The van der Waals surface area contributed by atoms with Crippen LogP contribution in [-0.4, -0.2) is 29.2 Å². The van der Waals surface area contributed by atoms with E-state index in [1.165, 1.54) is 13.0 Å². The van der Waals surface area contributed by atoms with Crippen molar-refractivity contribution >= 4 is 27.8 Å². The molecule has 0 aliphatic carbocycles. The fourth-order valence-corrected chi connectivity index (χ4v) is 1.83. The summed E-state index contributed by atoms with van der Waals surface area (Å²) in [6.45, 7) is 1.50. The minimum atomic E-state index is -4.70. The average molecular weight is 344 g/mol. The van der Waals surface area contributed by atoms with Crippen LogP contribution in [0.1, 0.15) is 22.5 Å². The lowest BCUT2D eigenvalue weighted by atomic mass is 10.2. The minimum absolute atomic E-state index is 0.220. The van der Waals surface area contributed by atoms with Gasteiger partial charge in [0, 0.05) is 5.56 Å². The predicted molar refractivity (Wildman–Crippen MR) is 60.7 cm³/mol. The maximum absolute atomic E-state index is 12.2. The van der Waals surface area contributed by atoms with Crippen LogP contribution in [0.4, 0.5) is 13.2 Å². The van der Waals surface area contributed by atoms with Crippen LogP contribution in [0.25, 0.3) is 0 Å². The van der Waals surface area contributed by atoms with Crippen molar-refractivity contribution in [3.8, 4) is 0 Å². The number of carbonyl (C=O) groups is 2. The first-order valence-electron chi connectivity index (χ1n) is 4.96. The molecule has 106 valence electrons. The summed E-state index contributed by atoms with van der Waals surface area (Å²) in [6.07, 6.45) is -6.36. The number of hydrogen-bond donors (Lipinski definition) is 2. The van der Waals surface area contributed by atoms with Crippen molar-refractivity contribution in [1.29, 1.82) is 0 Å². The molecule has 1 aromatic heterocycles. The topological polar surface area (TPSA) is 79.5 Å². The summed E-state index contributed by atoms with van der Waals surface area (Å²) in [5.74, 6) is -3.02. The molecule has 9 heteroatoms. The molecular weight excluding hydrogens is 335 g/mol. The highest BCUT2D eigenvalue weighted by Gasteiger charge is 2.36. The van der Waals surface area contributed by atoms with Gasteiger partial charge in [-0.25, -0.2) is 4.79 Å². The van der Waals surface area contributed by atoms with Gasteiger partial charge in [0.2, 0.25) is 0 Å². The number of carbonyl (C=O) groups excluding carboxylic acids is 1. The first kappa shape index (κ1) is 15.5. The fourth-order valence-electron chi connectivity index (χ4n) is 1.32. The van der Waals surface area contributed by atoms with Crippen LogP contribution in [0.3, 0.4) is 0 Å². The molecule has 0 aliphatic heterocycles. The second kappa shape index (κ2) is 5.64. The van der Waals surface area contributed by atoms with Gasteiger partial charge in [-0.2, -0.15) is 13.2 Å². The van der Waals surface area contributed by atoms with E-state index in [1.807, 2.05) is 0 Å². The van der Waals surface area contributed by atoms with Crippen molar-refractivity contribution in [3.63, 3.8) is 0 Å². The second-order valence-corrected chi connectivity index (χ2v) is 4.53. The summed E-state index contributed by atoms with van der Waals surface area (Å²) < 4.78 is 41.6. The minimum Gasteiger partial charge on any atom is -0.480 e. The standard InChI is InChI=1S/C10H9BrF3NO4/c1-4-2-6(11)19-7(4)8(16)15-5(9(17)18)3-10(12,13)14/h2,5H,3H2,1H3,(H,15,16)(H,17,18). The summed E-state index contributed by atoms with van der Waals surface area (Å²) in [5, 5.41) is 10.4. The SMILES string of the molecule is Cc1cc(Br)oc1C(=O)NC(CC(F)(F)F)C(=O)O. The molecule has 1 unspecified atom stereocenters. The van der Waals surface area contributed by atoms with Gasteiger partial charge in [-0.15, -0.1) is 0 Å². The van der Waals surface area contributed by atoms with E-state index in [-0.39, 0.29) is 10.4 Å². The van der Waals surface area contributed by atoms with Crippen molar-refractivity contribution in [1.82, 2.24) is 5.32 Å². The van der Waals surface area contributed by atoms with Crippen molar-refractivity contribution in [3.05, 3.63) is 22.1 Å². The molecule has 1 rings (SSSR count). The van der Waals surface area contributed by atoms with E-state index in [4.69, 9.17) is 9.52 Å². The summed E-state index contributed by atoms with van der Waals surface area (Å²) in [5.41, 5.74) is 0.375. The first-order chi connectivity index (χ1) is 8.60. The number of aryl methyl sites for hydroxylation is 1. The van der Waals surface area contributed by atoms with Crippen molar-refractivity contribution in [2.24, 2.45) is 0 Å². The van der Waals surface area contributed by atoms with Crippen LogP contribution in [0.15, 0.2) is 15.2 Å². The third kappa shape index (κ3) is 4.58. The third-order valence-electron chi connectivity index (χ3n) is 2.13. The Bertz CT molecular complexity index is 497. The van der Waals surface area contributed by atoms with Crippen LogP contribution >= 0.6 is 15.9 Å². The predicted octanol–water partition coefficient (Wildman–Crippen LogP) is 2.49. The maximum Gasteiger partial charge on any atom is 0.391 e. The molecule has 0 aliphatic rings. The van der Waals surface area contributed by atoms with Gasteiger partial charge in [0.1, 0.15) is 6.04 Å². The molecule has 5 nitrogen and oxygen atoms in total. The molecule has 1 atom stereocenters. The number of rotatable bonds is 4. The van der Waals surface area contributed by atoms with E-state index >= 15 is 0 Å². The number of furan rings is 1. The lowest BCUT2D eigenvalue weighted by Crippen LogP contribution is -2.43. The van der Waals surface area contributed by atoms with Crippen molar-refractivity contribution < 1.29 is 32.3 Å². The zero-order chi connectivity index (χ0) is 14.8. The van der Waals surface area contributed by atoms with Gasteiger partial charge in [0.15, 0.2) is 10.4 Å². The Kier molecular flexibility index (Phi) is 4.61. The molecule has 0 aromatic carbocycles. The molecule has 0 fully saturated rings. The zero-order valence-electron chi connectivity index (χ0n) is 9.55. The number of carboxylic acid groups (broad SMARTS) is 1. The molecular formula is C10H9BrF3NO4. The quantitative estimate of drug-likeness (QED) is 0.880. The van der Waals surface area contributed by atoms with Gasteiger partial charge in [0.25, 0.3) is 5.91 Å². The summed E-state index contributed by atoms with van der Waals surface area (Å²) >= 11 is 2.95. The van der Waals surface area contributed by atoms with E-state index in [1.54, 1.807) is 5.32 Å². The van der Waals surface area contributed by atoms with Gasteiger partial charge >= 0.3 is 12.1 Å². The molecule has 0 saturated heterocycles. The molecule has 0 spiro atoms. The normalized spacial score (nSPS) is 13.1. The van der Waals surface area contributed by atoms with Crippen LogP contribution in [0.5, 0.6) is 0 Å². The number of carboxylic acids is 1. The van der Waals surface area contributed by atoms with Crippen molar-refractivity contribution in [2.45, 2.75) is 25.6 Å². The maximum atomic E-state index is 12.2. The molecule has 0 radical (unpaired) electrons. The Morgan fingerprint density at radius 3 is 2.47 bits per heavy atom. The van der Waals surface area contributed by atoms with Crippen molar-refractivity contribution in [2.75, 3.05) is 0 Å². The Labute approximate surface area is 113 Å². The molecule has 19 heavy (non-hydrogen) atoms.